The second-order valence-electron chi connectivity index (χ2n) is 9.13. The van der Waals surface area contributed by atoms with Crippen molar-refractivity contribution in [2.24, 2.45) is 0 Å². The Balaban J connectivity index is 1.32. The summed E-state index contributed by atoms with van der Waals surface area (Å²) < 4.78 is 0. The van der Waals surface area contributed by atoms with E-state index in [0.717, 1.165) is 44.8 Å². The van der Waals surface area contributed by atoms with Gasteiger partial charge in [-0.2, -0.15) is 0 Å². The zero-order valence-corrected chi connectivity index (χ0v) is 21.4. The number of nitrogens with zero attached hydrogens (tertiary/aromatic N) is 4. The van der Waals surface area contributed by atoms with Gasteiger partial charge < -0.3 is 20.6 Å². The number of hydrogen-bond acceptors (Lipinski definition) is 6. The summed E-state index contributed by atoms with van der Waals surface area (Å²) in [6.07, 6.45) is 0. The van der Waals surface area contributed by atoms with Crippen LogP contribution in [0.3, 0.4) is 0 Å². The van der Waals surface area contributed by atoms with Gasteiger partial charge in [0.25, 0.3) is 0 Å². The molecule has 2 heterocycles. The van der Waals surface area contributed by atoms with E-state index < -0.39 is 0 Å². The third-order valence-corrected chi connectivity index (χ3v) is 5.56. The van der Waals surface area contributed by atoms with Crippen LogP contribution in [0.25, 0.3) is 44.8 Å². The molecule has 0 radical (unpaired) electrons. The molecule has 5 rings (SSSR count). The number of aromatic nitrogens is 4. The molecule has 12 nitrogen and oxygen atoms in total. The van der Waals surface area contributed by atoms with Gasteiger partial charge >= 0.3 is 12.1 Å². The molecule has 0 aliphatic carbocycles. The van der Waals surface area contributed by atoms with Crippen molar-refractivity contribution in [2.45, 2.75) is 0 Å². The second-order valence-corrected chi connectivity index (χ2v) is 9.13. The number of H-pyrrole nitrogens is 2. The Morgan fingerprint density at radius 1 is 0.632 bits per heavy atom. The summed E-state index contributed by atoms with van der Waals surface area (Å²) in [6.45, 7) is 0. The minimum absolute atomic E-state index is 0.322. The molecule has 0 saturated carbocycles. The van der Waals surface area contributed by atoms with E-state index in [1.807, 2.05) is 60.7 Å². The molecule has 0 aliphatic rings. The Morgan fingerprint density at radius 3 is 1.39 bits per heavy atom. The Hall–Kier alpha value is -4.94. The molecular weight excluding hydrogens is 484 g/mol. The van der Waals surface area contributed by atoms with Crippen molar-refractivity contribution in [3.8, 4) is 22.8 Å². The van der Waals surface area contributed by atoms with Gasteiger partial charge in [0.05, 0.1) is 22.1 Å². The second kappa shape index (κ2) is 10.2. The lowest BCUT2D eigenvalue weighted by Gasteiger charge is -2.12. The number of aromatic amines is 2. The fourth-order valence-corrected chi connectivity index (χ4v) is 3.96. The van der Waals surface area contributed by atoms with Crippen LogP contribution in [-0.4, -0.2) is 70.2 Å². The standard InChI is InChI=1S/C26H28N10O2/c1-35(2)33-25(37)27-17-9-11-19-21(13-17)31-23(29-19)15-5-7-16(8-6-15)24-30-20-12-10-18(14-22(20)32-24)28-26(38)34-36(3)4/h5-14H,1-4H3,(H,29,31)(H,30,32)(H2,27,33,37)(H2,28,34,38). The third-order valence-electron chi connectivity index (χ3n) is 5.56. The van der Waals surface area contributed by atoms with Crippen molar-refractivity contribution in [2.75, 3.05) is 38.8 Å². The maximum absolute atomic E-state index is 12.0. The summed E-state index contributed by atoms with van der Waals surface area (Å²) >= 11 is 0. The van der Waals surface area contributed by atoms with Crippen molar-refractivity contribution in [1.82, 2.24) is 40.8 Å². The summed E-state index contributed by atoms with van der Waals surface area (Å²) in [5.41, 5.74) is 11.6. The van der Waals surface area contributed by atoms with Gasteiger partial charge in [-0.15, -0.1) is 0 Å². The quantitative estimate of drug-likeness (QED) is 0.190. The van der Waals surface area contributed by atoms with Crippen molar-refractivity contribution >= 4 is 45.5 Å². The van der Waals surface area contributed by atoms with Crippen molar-refractivity contribution in [3.05, 3.63) is 60.7 Å². The van der Waals surface area contributed by atoms with E-state index >= 15 is 0 Å². The number of benzene rings is 3. The number of carbonyl (C=O) groups excluding carboxylic acids is 2. The Bertz CT molecular complexity index is 1500. The fraction of sp³-hybridized carbons (Fsp3) is 0.154. The number of nitrogens with one attached hydrogen (secondary N) is 6. The molecule has 194 valence electrons. The van der Waals surface area contributed by atoms with E-state index in [2.05, 4.69) is 41.4 Å². The summed E-state index contributed by atoms with van der Waals surface area (Å²) in [6, 6.07) is 18.3. The Kier molecular flexibility index (Phi) is 6.64. The minimum atomic E-state index is -0.322. The summed E-state index contributed by atoms with van der Waals surface area (Å²) in [7, 11) is 6.97. The molecule has 3 aromatic carbocycles. The highest BCUT2D eigenvalue weighted by molar-refractivity contribution is 5.93. The fourth-order valence-electron chi connectivity index (χ4n) is 3.96. The van der Waals surface area contributed by atoms with E-state index in [1.165, 1.54) is 0 Å². The lowest BCUT2D eigenvalue weighted by atomic mass is 10.1. The number of rotatable bonds is 6. The summed E-state index contributed by atoms with van der Waals surface area (Å²) in [5.74, 6) is 1.44. The Morgan fingerprint density at radius 2 is 1.03 bits per heavy atom. The van der Waals surface area contributed by atoms with E-state index in [0.29, 0.717) is 11.4 Å². The molecule has 5 aromatic rings. The number of hydrazine groups is 2. The normalized spacial score (nSPS) is 11.3. The van der Waals surface area contributed by atoms with Crippen LogP contribution < -0.4 is 21.5 Å². The van der Waals surface area contributed by atoms with Gasteiger partial charge in [-0.05, 0) is 36.4 Å². The molecule has 12 heteroatoms. The maximum atomic E-state index is 12.0. The summed E-state index contributed by atoms with van der Waals surface area (Å²) in [5, 5.41) is 8.73. The average Bonchev–Trinajstić information content (AvgIpc) is 3.46. The first kappa shape index (κ1) is 24.7. The molecule has 0 bridgehead atoms. The molecule has 38 heavy (non-hydrogen) atoms. The van der Waals surface area contributed by atoms with Gasteiger partial charge in [-0.1, -0.05) is 24.3 Å². The van der Waals surface area contributed by atoms with Gasteiger partial charge in [0.1, 0.15) is 11.6 Å². The van der Waals surface area contributed by atoms with Gasteiger partial charge in [0, 0.05) is 50.7 Å². The molecule has 0 saturated heterocycles. The van der Waals surface area contributed by atoms with Crippen LogP contribution in [0.5, 0.6) is 0 Å². The van der Waals surface area contributed by atoms with Crippen molar-refractivity contribution in [1.29, 1.82) is 0 Å². The van der Waals surface area contributed by atoms with Crippen LogP contribution in [0.15, 0.2) is 60.7 Å². The van der Waals surface area contributed by atoms with Gasteiger partial charge in [0.15, 0.2) is 0 Å². The lowest BCUT2D eigenvalue weighted by Crippen LogP contribution is -2.39. The molecule has 4 amide bonds. The molecule has 0 fully saturated rings. The first-order valence-corrected chi connectivity index (χ1v) is 11.8. The molecule has 2 aromatic heterocycles. The smallest absolute Gasteiger partial charge is 0.333 e. The third kappa shape index (κ3) is 5.56. The van der Waals surface area contributed by atoms with E-state index in [4.69, 9.17) is 0 Å². The van der Waals surface area contributed by atoms with Gasteiger partial charge in [-0.25, -0.2) is 29.6 Å². The zero-order chi connectivity index (χ0) is 26.8. The van der Waals surface area contributed by atoms with Crippen molar-refractivity contribution < 1.29 is 9.59 Å². The topological polar surface area (TPSA) is 146 Å². The van der Waals surface area contributed by atoms with E-state index in [-0.39, 0.29) is 12.1 Å². The number of hydrogen-bond donors (Lipinski definition) is 6. The monoisotopic (exact) mass is 512 g/mol. The Labute approximate surface area is 218 Å². The van der Waals surface area contributed by atoms with Crippen LogP contribution in [-0.2, 0) is 0 Å². The highest BCUT2D eigenvalue weighted by Crippen LogP contribution is 2.27. The van der Waals surface area contributed by atoms with Crippen LogP contribution >= 0.6 is 0 Å². The first-order valence-electron chi connectivity index (χ1n) is 11.8. The zero-order valence-electron chi connectivity index (χ0n) is 21.4. The molecule has 0 spiro atoms. The lowest BCUT2D eigenvalue weighted by molar-refractivity contribution is 0.223. The molecule has 0 aliphatic heterocycles. The minimum Gasteiger partial charge on any atom is -0.338 e. The number of imidazole rings is 2. The molecule has 0 unspecified atom stereocenters. The number of fused-ring (bicyclic) bond motifs is 2. The van der Waals surface area contributed by atoms with E-state index in [1.54, 1.807) is 38.2 Å². The van der Waals surface area contributed by atoms with Crippen molar-refractivity contribution in [3.63, 3.8) is 0 Å². The number of amides is 4. The number of urea groups is 2. The van der Waals surface area contributed by atoms with Crippen LogP contribution in [0, 0.1) is 0 Å². The molecule has 0 atom stereocenters. The average molecular weight is 513 g/mol. The molecule has 6 N–H and O–H groups in total. The number of carbonyl (C=O) groups is 2. The number of anilines is 2. The van der Waals surface area contributed by atoms with Gasteiger partial charge in [-0.3, -0.25) is 10.9 Å². The highest BCUT2D eigenvalue weighted by Gasteiger charge is 2.11. The first-order chi connectivity index (χ1) is 18.2. The van der Waals surface area contributed by atoms with Gasteiger partial charge in [0.2, 0.25) is 0 Å². The maximum Gasteiger partial charge on any atom is 0.333 e. The largest absolute Gasteiger partial charge is 0.338 e. The molecular formula is C26H28N10O2. The predicted molar refractivity (Wildman–Crippen MR) is 148 cm³/mol. The van der Waals surface area contributed by atoms with Crippen LogP contribution in [0.4, 0.5) is 21.0 Å². The SMILES string of the molecule is CN(C)NC(=O)Nc1ccc2nc(-c3ccc(-c4nc5ccc(NC(=O)NN(C)C)cc5[nH]4)cc3)[nH]c2c1. The van der Waals surface area contributed by atoms with Crippen LogP contribution in [0.2, 0.25) is 0 Å². The highest BCUT2D eigenvalue weighted by atomic mass is 16.2. The van der Waals surface area contributed by atoms with E-state index in [9.17, 15) is 9.59 Å². The van der Waals surface area contributed by atoms with Crippen LogP contribution in [0.1, 0.15) is 0 Å². The predicted octanol–water partition coefficient (Wildman–Crippen LogP) is 3.97. The summed E-state index contributed by atoms with van der Waals surface area (Å²) in [4.78, 5) is 39.9.